The molecule has 4 nitrogen and oxygen atoms in total. The highest BCUT2D eigenvalue weighted by Crippen LogP contribution is 2.20. The lowest BCUT2D eigenvalue weighted by Gasteiger charge is -2.07. The summed E-state index contributed by atoms with van der Waals surface area (Å²) in [6.45, 7) is 1.64. The molecule has 15 heavy (non-hydrogen) atoms. The molecule has 1 aliphatic carbocycles. The number of aromatic nitrogens is 1. The van der Waals surface area contributed by atoms with Gasteiger partial charge in [-0.05, 0) is 34.8 Å². The summed E-state index contributed by atoms with van der Waals surface area (Å²) >= 11 is 3.20. The number of carbonyl (C=O) groups excluding carboxylic acids is 1. The van der Waals surface area contributed by atoms with Gasteiger partial charge in [-0.25, -0.2) is 0 Å². The summed E-state index contributed by atoms with van der Waals surface area (Å²) in [6, 6.07) is 1.97. The molecule has 1 fully saturated rings. The van der Waals surface area contributed by atoms with Crippen LogP contribution in [-0.2, 0) is 0 Å². The Bertz CT molecular complexity index is 416. The smallest absolute Gasteiger partial charge is 0.257 e. The second-order valence-corrected chi connectivity index (χ2v) is 4.65. The predicted octanol–water partition coefficient (Wildman–Crippen LogP) is 1.28. The first kappa shape index (κ1) is 10.4. The van der Waals surface area contributed by atoms with E-state index in [0.717, 1.165) is 12.8 Å². The molecule has 1 heterocycles. The molecule has 0 radical (unpaired) electrons. The summed E-state index contributed by atoms with van der Waals surface area (Å²) in [5, 5.41) is 14.2. The Hall–Kier alpha value is -1.10. The second kappa shape index (κ2) is 3.81. The molecule has 2 rings (SSSR count). The Balaban J connectivity index is 2.28. The Kier molecular flexibility index (Phi) is 2.65. The standard InChI is InChI=1S/C10H11BrN2O2/c1-6-9(4-7(11)5-13(6)15)10(14)12-8-2-3-8/h4-5,8H,2-3H2,1H3,(H,12,14). The number of rotatable bonds is 2. The van der Waals surface area contributed by atoms with Crippen LogP contribution in [0.2, 0.25) is 0 Å². The molecule has 0 bridgehead atoms. The zero-order chi connectivity index (χ0) is 11.0. The van der Waals surface area contributed by atoms with Crippen LogP contribution >= 0.6 is 15.9 Å². The van der Waals surface area contributed by atoms with Crippen molar-refractivity contribution in [2.75, 3.05) is 0 Å². The highest BCUT2D eigenvalue weighted by Gasteiger charge is 2.26. The third kappa shape index (κ3) is 2.28. The van der Waals surface area contributed by atoms with E-state index in [1.54, 1.807) is 13.0 Å². The van der Waals surface area contributed by atoms with Crippen LogP contribution in [-0.4, -0.2) is 11.9 Å². The SMILES string of the molecule is Cc1c(C(=O)NC2CC2)cc(Br)c[n+]1[O-]. The number of hydrogen-bond donors (Lipinski definition) is 1. The lowest BCUT2D eigenvalue weighted by molar-refractivity contribution is -0.613. The summed E-state index contributed by atoms with van der Waals surface area (Å²) in [6.07, 6.45) is 3.47. The highest BCUT2D eigenvalue weighted by molar-refractivity contribution is 9.10. The predicted molar refractivity (Wildman–Crippen MR) is 58.3 cm³/mol. The molecule has 0 spiro atoms. The first-order valence-corrected chi connectivity index (χ1v) is 5.57. The Morgan fingerprint density at radius 3 is 2.93 bits per heavy atom. The van der Waals surface area contributed by atoms with Gasteiger partial charge >= 0.3 is 0 Å². The summed E-state index contributed by atoms with van der Waals surface area (Å²) < 4.78 is 1.32. The van der Waals surface area contributed by atoms with E-state index in [1.165, 1.54) is 6.20 Å². The van der Waals surface area contributed by atoms with E-state index in [4.69, 9.17) is 0 Å². The first-order valence-electron chi connectivity index (χ1n) is 4.78. The van der Waals surface area contributed by atoms with Crippen LogP contribution in [0.3, 0.4) is 0 Å². The van der Waals surface area contributed by atoms with Crippen LogP contribution in [0.4, 0.5) is 0 Å². The van der Waals surface area contributed by atoms with Crippen molar-refractivity contribution in [3.8, 4) is 0 Å². The van der Waals surface area contributed by atoms with Gasteiger partial charge in [0.1, 0.15) is 5.56 Å². The molecule has 0 aliphatic heterocycles. The lowest BCUT2D eigenvalue weighted by Crippen LogP contribution is -2.35. The molecule has 1 amide bonds. The average molecular weight is 271 g/mol. The summed E-state index contributed by atoms with van der Waals surface area (Å²) in [4.78, 5) is 11.7. The van der Waals surface area contributed by atoms with Gasteiger partial charge in [-0.3, -0.25) is 4.79 Å². The van der Waals surface area contributed by atoms with E-state index in [9.17, 15) is 10.0 Å². The van der Waals surface area contributed by atoms with Crippen molar-refractivity contribution in [1.82, 2.24) is 5.32 Å². The molecule has 1 aromatic heterocycles. The summed E-state index contributed by atoms with van der Waals surface area (Å²) in [7, 11) is 0. The molecule has 1 aromatic rings. The fraction of sp³-hybridized carbons (Fsp3) is 0.400. The Morgan fingerprint density at radius 1 is 1.67 bits per heavy atom. The van der Waals surface area contributed by atoms with Crippen molar-refractivity contribution in [2.24, 2.45) is 0 Å². The van der Waals surface area contributed by atoms with Crippen LogP contribution in [0.15, 0.2) is 16.7 Å². The molecular weight excluding hydrogens is 260 g/mol. The fourth-order valence-corrected chi connectivity index (χ4v) is 1.74. The van der Waals surface area contributed by atoms with Crippen LogP contribution in [0.1, 0.15) is 28.9 Å². The van der Waals surface area contributed by atoms with E-state index >= 15 is 0 Å². The molecule has 0 atom stereocenters. The fourth-order valence-electron chi connectivity index (χ4n) is 1.33. The van der Waals surface area contributed by atoms with Crippen molar-refractivity contribution in [1.29, 1.82) is 0 Å². The van der Waals surface area contributed by atoms with Gasteiger partial charge in [0.25, 0.3) is 5.91 Å². The van der Waals surface area contributed by atoms with E-state index in [0.29, 0.717) is 26.5 Å². The zero-order valence-corrected chi connectivity index (χ0v) is 9.87. The first-order chi connectivity index (χ1) is 7.08. The molecule has 1 aliphatic rings. The summed E-state index contributed by atoms with van der Waals surface area (Å²) in [5.74, 6) is -0.166. The van der Waals surface area contributed by atoms with E-state index in [-0.39, 0.29) is 5.91 Å². The van der Waals surface area contributed by atoms with Crippen LogP contribution in [0, 0.1) is 12.1 Å². The van der Waals surface area contributed by atoms with Crippen molar-refractivity contribution in [3.63, 3.8) is 0 Å². The molecule has 0 unspecified atom stereocenters. The molecule has 0 saturated heterocycles. The number of amides is 1. The second-order valence-electron chi connectivity index (χ2n) is 3.73. The third-order valence-corrected chi connectivity index (χ3v) is 2.83. The molecular formula is C10H11BrN2O2. The maximum absolute atomic E-state index is 11.7. The molecule has 5 heteroatoms. The Labute approximate surface area is 96.0 Å². The number of pyridine rings is 1. The minimum Gasteiger partial charge on any atom is -0.618 e. The maximum atomic E-state index is 11.7. The van der Waals surface area contributed by atoms with Crippen molar-refractivity contribution < 1.29 is 9.52 Å². The number of nitrogens with one attached hydrogen (secondary N) is 1. The molecule has 0 aromatic carbocycles. The van der Waals surface area contributed by atoms with Gasteiger partial charge in [0.2, 0.25) is 5.69 Å². The van der Waals surface area contributed by atoms with Gasteiger partial charge in [-0.15, -0.1) is 0 Å². The molecule has 1 N–H and O–H groups in total. The van der Waals surface area contributed by atoms with Gasteiger partial charge in [0, 0.05) is 13.0 Å². The van der Waals surface area contributed by atoms with Gasteiger partial charge in [0.15, 0.2) is 6.20 Å². The van der Waals surface area contributed by atoms with E-state index in [1.807, 2.05) is 0 Å². The van der Waals surface area contributed by atoms with Crippen molar-refractivity contribution >= 4 is 21.8 Å². The monoisotopic (exact) mass is 270 g/mol. The number of carbonyl (C=O) groups is 1. The maximum Gasteiger partial charge on any atom is 0.257 e. The normalized spacial score (nSPS) is 15.1. The molecule has 1 saturated carbocycles. The van der Waals surface area contributed by atoms with Gasteiger partial charge < -0.3 is 10.5 Å². The van der Waals surface area contributed by atoms with Crippen LogP contribution in [0.5, 0.6) is 0 Å². The highest BCUT2D eigenvalue weighted by atomic mass is 79.9. The largest absolute Gasteiger partial charge is 0.618 e. The van der Waals surface area contributed by atoms with Crippen LogP contribution < -0.4 is 10.0 Å². The summed E-state index contributed by atoms with van der Waals surface area (Å²) in [5.41, 5.74) is 0.864. The van der Waals surface area contributed by atoms with Gasteiger partial charge in [-0.1, -0.05) is 0 Å². The lowest BCUT2D eigenvalue weighted by atomic mass is 10.2. The average Bonchev–Trinajstić information content (AvgIpc) is 2.94. The van der Waals surface area contributed by atoms with E-state index < -0.39 is 0 Å². The van der Waals surface area contributed by atoms with E-state index in [2.05, 4.69) is 21.2 Å². The third-order valence-electron chi connectivity index (χ3n) is 2.40. The molecule has 80 valence electrons. The topological polar surface area (TPSA) is 56.0 Å². The van der Waals surface area contributed by atoms with Crippen molar-refractivity contribution in [2.45, 2.75) is 25.8 Å². The zero-order valence-electron chi connectivity index (χ0n) is 8.29. The number of halogens is 1. The number of hydrogen-bond acceptors (Lipinski definition) is 2. The van der Waals surface area contributed by atoms with Crippen LogP contribution in [0.25, 0.3) is 0 Å². The van der Waals surface area contributed by atoms with Crippen molar-refractivity contribution in [3.05, 3.63) is 33.2 Å². The van der Waals surface area contributed by atoms with Gasteiger partial charge in [0.05, 0.1) is 4.47 Å². The minimum atomic E-state index is -0.166. The quantitative estimate of drug-likeness (QED) is 0.650. The van der Waals surface area contributed by atoms with Gasteiger partial charge in [-0.2, -0.15) is 4.73 Å². The number of nitrogens with zero attached hydrogens (tertiary/aromatic N) is 1. The Morgan fingerprint density at radius 2 is 2.33 bits per heavy atom. The minimum absolute atomic E-state index is 0.166.